The van der Waals surface area contributed by atoms with Gasteiger partial charge in [-0.3, -0.25) is 14.9 Å². The third kappa shape index (κ3) is 3.91. The zero-order chi connectivity index (χ0) is 25.5. The Morgan fingerprint density at radius 3 is 2.66 bits per heavy atom. The first-order chi connectivity index (χ1) is 18.7. The molecule has 0 aliphatic carbocycles. The second-order valence-electron chi connectivity index (χ2n) is 8.74. The number of pyridine rings is 2. The number of aromatic amines is 2. The summed E-state index contributed by atoms with van der Waals surface area (Å²) in [5.74, 6) is 0.495. The van der Waals surface area contributed by atoms with Gasteiger partial charge in [-0.15, -0.1) is 11.3 Å². The highest BCUT2D eigenvalue weighted by molar-refractivity contribution is 7.13. The summed E-state index contributed by atoms with van der Waals surface area (Å²) in [5, 5.41) is 13.3. The number of anilines is 1. The molecule has 0 aliphatic rings. The Morgan fingerprint density at radius 1 is 0.895 bits per heavy atom. The first-order valence-electron chi connectivity index (χ1n) is 11.9. The molecule has 38 heavy (non-hydrogen) atoms. The fraction of sp³-hybridized carbons (Fsp3) is 0. The van der Waals surface area contributed by atoms with Crippen LogP contribution in [0.2, 0.25) is 0 Å². The van der Waals surface area contributed by atoms with E-state index >= 15 is 0 Å². The molecule has 182 valence electrons. The molecule has 0 fully saturated rings. The molecule has 8 nitrogen and oxygen atoms in total. The van der Waals surface area contributed by atoms with Gasteiger partial charge in [0.2, 0.25) is 0 Å². The molecule has 0 spiro atoms. The number of para-hydroxylation sites is 1. The summed E-state index contributed by atoms with van der Waals surface area (Å²) >= 11 is 1.69. The van der Waals surface area contributed by atoms with Crippen molar-refractivity contribution in [2.45, 2.75) is 0 Å². The van der Waals surface area contributed by atoms with Gasteiger partial charge in [0.1, 0.15) is 5.69 Å². The third-order valence-corrected chi connectivity index (χ3v) is 7.21. The van der Waals surface area contributed by atoms with Gasteiger partial charge in [-0.2, -0.15) is 5.10 Å². The zero-order valence-corrected chi connectivity index (χ0v) is 20.7. The Morgan fingerprint density at radius 2 is 1.79 bits per heavy atom. The van der Waals surface area contributed by atoms with Gasteiger partial charge >= 0.3 is 0 Å². The Labute approximate surface area is 220 Å². The predicted molar refractivity (Wildman–Crippen MR) is 150 cm³/mol. The Balaban J connectivity index is 1.25. The molecule has 0 unspecified atom stereocenters. The topological polar surface area (TPSA) is 112 Å². The average molecular weight is 514 g/mol. The van der Waals surface area contributed by atoms with Gasteiger partial charge in [0, 0.05) is 39.5 Å². The summed E-state index contributed by atoms with van der Waals surface area (Å²) in [6.45, 7) is 0. The summed E-state index contributed by atoms with van der Waals surface area (Å²) in [4.78, 5) is 31.0. The number of nitrogens with one attached hydrogen (secondary N) is 3. The molecule has 2 aromatic carbocycles. The number of amides is 1. The van der Waals surface area contributed by atoms with E-state index in [4.69, 9.17) is 4.98 Å². The smallest absolute Gasteiger partial charge is 0.255 e. The number of aromatic nitrogens is 6. The molecule has 0 atom stereocenters. The summed E-state index contributed by atoms with van der Waals surface area (Å²) in [7, 11) is 0. The quantitative estimate of drug-likeness (QED) is 0.242. The van der Waals surface area contributed by atoms with Crippen LogP contribution in [0.1, 0.15) is 10.4 Å². The standard InChI is InChI=1S/C29H19N7OS/c37-29(17-6-2-1-3-7-17)32-20-12-18(14-30-16-20)19-13-22-26(35-36-27(22)31-15-19)28-33-23-9-4-8-21(25(23)34-28)24-10-5-11-38-24/h1-16H,(H,32,37)(H,33,34)(H,31,35,36). The fourth-order valence-corrected chi connectivity index (χ4v) is 5.23. The van der Waals surface area contributed by atoms with E-state index in [1.807, 2.05) is 48.5 Å². The number of H-pyrrole nitrogens is 2. The molecule has 7 rings (SSSR count). The lowest BCUT2D eigenvalue weighted by atomic mass is 10.1. The molecule has 0 radical (unpaired) electrons. The van der Waals surface area contributed by atoms with Crippen molar-refractivity contribution in [3.63, 3.8) is 0 Å². The van der Waals surface area contributed by atoms with Crippen LogP contribution in [0.25, 0.3) is 55.2 Å². The van der Waals surface area contributed by atoms with Crippen LogP contribution < -0.4 is 5.32 Å². The van der Waals surface area contributed by atoms with Crippen molar-refractivity contribution in [1.29, 1.82) is 0 Å². The lowest BCUT2D eigenvalue weighted by Crippen LogP contribution is -2.11. The summed E-state index contributed by atoms with van der Waals surface area (Å²) in [6.07, 6.45) is 5.12. The molecule has 0 saturated carbocycles. The van der Waals surface area contributed by atoms with E-state index in [2.05, 4.69) is 48.0 Å². The monoisotopic (exact) mass is 513 g/mol. The largest absolute Gasteiger partial charge is 0.337 e. The van der Waals surface area contributed by atoms with Crippen molar-refractivity contribution in [2.75, 3.05) is 5.32 Å². The van der Waals surface area contributed by atoms with Crippen molar-refractivity contribution in [2.24, 2.45) is 0 Å². The number of imidazole rings is 1. The Kier molecular flexibility index (Phi) is 5.26. The molecule has 5 heterocycles. The molecule has 0 bridgehead atoms. The van der Waals surface area contributed by atoms with Gasteiger partial charge in [-0.25, -0.2) is 9.97 Å². The van der Waals surface area contributed by atoms with Crippen LogP contribution in [-0.4, -0.2) is 36.0 Å². The normalized spacial score (nSPS) is 11.3. The zero-order valence-electron chi connectivity index (χ0n) is 19.8. The fourth-order valence-electron chi connectivity index (χ4n) is 4.48. The van der Waals surface area contributed by atoms with Crippen LogP contribution in [0, 0.1) is 0 Å². The maximum atomic E-state index is 12.6. The van der Waals surface area contributed by atoms with Gasteiger partial charge in [0.05, 0.1) is 28.3 Å². The van der Waals surface area contributed by atoms with Gasteiger partial charge in [-0.1, -0.05) is 36.4 Å². The lowest BCUT2D eigenvalue weighted by molar-refractivity contribution is 0.102. The molecule has 9 heteroatoms. The van der Waals surface area contributed by atoms with Gasteiger partial charge in [0.25, 0.3) is 5.91 Å². The number of hydrogen-bond donors (Lipinski definition) is 3. The van der Waals surface area contributed by atoms with E-state index in [0.717, 1.165) is 38.8 Å². The second-order valence-corrected chi connectivity index (χ2v) is 9.69. The molecule has 1 amide bonds. The Bertz CT molecular complexity index is 1920. The number of carbonyl (C=O) groups excluding carboxylic acids is 1. The minimum absolute atomic E-state index is 0.193. The maximum Gasteiger partial charge on any atom is 0.255 e. The van der Waals surface area contributed by atoms with E-state index in [-0.39, 0.29) is 5.91 Å². The predicted octanol–water partition coefficient (Wildman–Crippen LogP) is 6.54. The second kappa shape index (κ2) is 9.06. The SMILES string of the molecule is O=C(Nc1cncc(-c2cnc3n[nH]c(-c4nc5c(-c6cccs6)cccc5[nH]4)c3c2)c1)c1ccccc1. The first-order valence-corrected chi connectivity index (χ1v) is 12.8. The summed E-state index contributed by atoms with van der Waals surface area (Å²) < 4.78 is 0. The first kappa shape index (κ1) is 22.1. The van der Waals surface area contributed by atoms with Gasteiger partial charge in [-0.05, 0) is 41.8 Å². The minimum atomic E-state index is -0.193. The number of thiophene rings is 1. The number of fused-ring (bicyclic) bond motifs is 2. The third-order valence-electron chi connectivity index (χ3n) is 6.31. The number of nitrogens with zero attached hydrogens (tertiary/aromatic N) is 4. The Hall–Kier alpha value is -5.15. The van der Waals surface area contributed by atoms with Crippen LogP contribution in [0.3, 0.4) is 0 Å². The van der Waals surface area contributed by atoms with E-state index in [1.165, 1.54) is 4.88 Å². The maximum absolute atomic E-state index is 12.6. The molecule has 0 aliphatic heterocycles. The minimum Gasteiger partial charge on any atom is -0.337 e. The van der Waals surface area contributed by atoms with Crippen molar-refractivity contribution >= 4 is 45.0 Å². The van der Waals surface area contributed by atoms with Crippen molar-refractivity contribution in [3.8, 4) is 33.1 Å². The number of carbonyl (C=O) groups is 1. The molecular formula is C29H19N7OS. The highest BCUT2D eigenvalue weighted by Crippen LogP contribution is 2.34. The average Bonchev–Trinajstić information content (AvgIpc) is 3.73. The number of rotatable bonds is 5. The molecule has 3 N–H and O–H groups in total. The molecule has 5 aromatic heterocycles. The van der Waals surface area contributed by atoms with Crippen LogP contribution in [-0.2, 0) is 0 Å². The molecular weight excluding hydrogens is 494 g/mol. The van der Waals surface area contributed by atoms with E-state index < -0.39 is 0 Å². The van der Waals surface area contributed by atoms with Crippen LogP contribution in [0.4, 0.5) is 5.69 Å². The van der Waals surface area contributed by atoms with Crippen molar-refractivity contribution < 1.29 is 4.79 Å². The summed E-state index contributed by atoms with van der Waals surface area (Å²) in [5.41, 5.74) is 7.13. The highest BCUT2D eigenvalue weighted by Gasteiger charge is 2.16. The lowest BCUT2D eigenvalue weighted by Gasteiger charge is -2.07. The van der Waals surface area contributed by atoms with Gasteiger partial charge in [0.15, 0.2) is 11.5 Å². The van der Waals surface area contributed by atoms with Crippen molar-refractivity contribution in [1.82, 2.24) is 30.1 Å². The van der Waals surface area contributed by atoms with Crippen LogP contribution in [0.5, 0.6) is 0 Å². The number of benzene rings is 2. The molecule has 0 saturated heterocycles. The van der Waals surface area contributed by atoms with Gasteiger partial charge < -0.3 is 10.3 Å². The van der Waals surface area contributed by atoms with Crippen LogP contribution in [0.15, 0.2) is 96.8 Å². The van der Waals surface area contributed by atoms with Crippen molar-refractivity contribution in [3.05, 3.63) is 102 Å². The van der Waals surface area contributed by atoms with E-state index in [1.54, 1.807) is 42.1 Å². The van der Waals surface area contributed by atoms with E-state index in [9.17, 15) is 4.79 Å². The summed E-state index contributed by atoms with van der Waals surface area (Å²) in [6, 6.07) is 23.2. The van der Waals surface area contributed by atoms with E-state index in [0.29, 0.717) is 22.7 Å². The number of hydrogen-bond acceptors (Lipinski definition) is 6. The van der Waals surface area contributed by atoms with Crippen LogP contribution >= 0.6 is 11.3 Å². The highest BCUT2D eigenvalue weighted by atomic mass is 32.1. The molecule has 7 aromatic rings.